The lowest BCUT2D eigenvalue weighted by molar-refractivity contribution is -0.0406. The van der Waals surface area contributed by atoms with E-state index in [9.17, 15) is 4.79 Å². The Morgan fingerprint density at radius 3 is 2.93 bits per heavy atom. The highest BCUT2D eigenvalue weighted by atomic mass is 16.5. The molecule has 1 aliphatic rings. The van der Waals surface area contributed by atoms with E-state index in [-0.39, 0.29) is 25.3 Å². The standard InChI is InChI=1S/C9H18N2O4/c1-6(12)5-15-8-4-11(9(13)14)3-2-7(8)10/h6-8,12H,2-5,10H2,1H3,(H,13,14). The van der Waals surface area contributed by atoms with Gasteiger partial charge in [0.15, 0.2) is 0 Å². The van der Waals surface area contributed by atoms with Gasteiger partial charge < -0.3 is 25.6 Å². The van der Waals surface area contributed by atoms with Gasteiger partial charge >= 0.3 is 6.09 Å². The fourth-order valence-electron chi connectivity index (χ4n) is 1.55. The third-order valence-electron chi connectivity index (χ3n) is 2.43. The maximum Gasteiger partial charge on any atom is 0.407 e. The summed E-state index contributed by atoms with van der Waals surface area (Å²) in [5.41, 5.74) is 5.80. The smallest absolute Gasteiger partial charge is 0.407 e. The Kier molecular flexibility index (Phi) is 4.31. The maximum atomic E-state index is 10.7. The molecular weight excluding hydrogens is 200 g/mol. The molecule has 1 fully saturated rings. The predicted octanol–water partition coefficient (Wildman–Crippen LogP) is -0.537. The van der Waals surface area contributed by atoms with Crippen LogP contribution in [0.4, 0.5) is 4.79 Å². The average Bonchev–Trinajstić information content (AvgIpc) is 2.16. The third kappa shape index (κ3) is 3.65. The minimum absolute atomic E-state index is 0.153. The Hall–Kier alpha value is -0.850. The summed E-state index contributed by atoms with van der Waals surface area (Å²) in [7, 11) is 0. The highest BCUT2D eigenvalue weighted by Gasteiger charge is 2.29. The van der Waals surface area contributed by atoms with Crippen molar-refractivity contribution in [1.29, 1.82) is 0 Å². The number of piperidine rings is 1. The second-order valence-corrected chi connectivity index (χ2v) is 3.90. The Balaban J connectivity index is 2.42. The van der Waals surface area contributed by atoms with Crippen LogP contribution < -0.4 is 5.73 Å². The van der Waals surface area contributed by atoms with Gasteiger partial charge in [-0.15, -0.1) is 0 Å². The van der Waals surface area contributed by atoms with E-state index in [4.69, 9.17) is 20.7 Å². The molecule has 6 nitrogen and oxygen atoms in total. The first kappa shape index (κ1) is 12.2. The van der Waals surface area contributed by atoms with Gasteiger partial charge in [-0.3, -0.25) is 0 Å². The van der Waals surface area contributed by atoms with Gasteiger partial charge in [-0.05, 0) is 13.3 Å². The molecule has 4 N–H and O–H groups in total. The van der Waals surface area contributed by atoms with Crippen LogP contribution in [0.5, 0.6) is 0 Å². The molecule has 1 saturated heterocycles. The fraction of sp³-hybridized carbons (Fsp3) is 0.889. The monoisotopic (exact) mass is 218 g/mol. The first-order valence-corrected chi connectivity index (χ1v) is 5.04. The van der Waals surface area contributed by atoms with Crippen molar-refractivity contribution >= 4 is 6.09 Å². The second kappa shape index (κ2) is 5.29. The predicted molar refractivity (Wildman–Crippen MR) is 53.6 cm³/mol. The van der Waals surface area contributed by atoms with Crippen molar-refractivity contribution in [3.8, 4) is 0 Å². The van der Waals surface area contributed by atoms with E-state index in [0.717, 1.165) is 0 Å². The molecule has 6 heteroatoms. The van der Waals surface area contributed by atoms with Crippen molar-refractivity contribution in [1.82, 2.24) is 4.90 Å². The minimum atomic E-state index is -0.951. The second-order valence-electron chi connectivity index (χ2n) is 3.90. The summed E-state index contributed by atoms with van der Waals surface area (Å²) in [6.45, 7) is 2.53. The highest BCUT2D eigenvalue weighted by molar-refractivity contribution is 5.65. The molecule has 1 amide bonds. The topological polar surface area (TPSA) is 96.0 Å². The zero-order valence-electron chi connectivity index (χ0n) is 8.80. The number of aliphatic hydroxyl groups is 1. The van der Waals surface area contributed by atoms with Gasteiger partial charge in [-0.2, -0.15) is 0 Å². The summed E-state index contributed by atoms with van der Waals surface area (Å²) < 4.78 is 5.36. The van der Waals surface area contributed by atoms with Crippen LogP contribution in [-0.2, 0) is 4.74 Å². The normalized spacial score (nSPS) is 28.9. The number of rotatable bonds is 3. The van der Waals surface area contributed by atoms with E-state index in [0.29, 0.717) is 13.0 Å². The van der Waals surface area contributed by atoms with E-state index in [1.807, 2.05) is 0 Å². The number of nitrogens with two attached hydrogens (primary N) is 1. The number of nitrogens with zero attached hydrogens (tertiary/aromatic N) is 1. The molecule has 0 aromatic rings. The minimum Gasteiger partial charge on any atom is -0.465 e. The van der Waals surface area contributed by atoms with Gasteiger partial charge in [0, 0.05) is 12.6 Å². The van der Waals surface area contributed by atoms with Gasteiger partial charge in [0.2, 0.25) is 0 Å². The van der Waals surface area contributed by atoms with Crippen LogP contribution in [0.2, 0.25) is 0 Å². The van der Waals surface area contributed by atoms with Crippen molar-refractivity contribution in [2.75, 3.05) is 19.7 Å². The zero-order valence-corrected chi connectivity index (χ0v) is 8.80. The number of carbonyl (C=O) groups is 1. The summed E-state index contributed by atoms with van der Waals surface area (Å²) in [5.74, 6) is 0. The Morgan fingerprint density at radius 2 is 2.40 bits per heavy atom. The molecular formula is C9H18N2O4. The lowest BCUT2D eigenvalue weighted by atomic mass is 10.0. The number of likely N-dealkylation sites (tertiary alicyclic amines) is 1. The molecule has 0 bridgehead atoms. The number of hydrogen-bond donors (Lipinski definition) is 3. The maximum absolute atomic E-state index is 10.7. The Morgan fingerprint density at radius 1 is 1.73 bits per heavy atom. The van der Waals surface area contributed by atoms with E-state index in [1.165, 1.54) is 4.90 Å². The van der Waals surface area contributed by atoms with Gasteiger partial charge in [-0.1, -0.05) is 0 Å². The van der Waals surface area contributed by atoms with Crippen molar-refractivity contribution < 1.29 is 19.7 Å². The van der Waals surface area contributed by atoms with Crippen LogP contribution in [0.3, 0.4) is 0 Å². The molecule has 3 atom stereocenters. The van der Waals surface area contributed by atoms with E-state index >= 15 is 0 Å². The van der Waals surface area contributed by atoms with E-state index in [2.05, 4.69) is 0 Å². The number of ether oxygens (including phenoxy) is 1. The molecule has 88 valence electrons. The molecule has 0 aliphatic carbocycles. The van der Waals surface area contributed by atoms with Gasteiger partial charge in [-0.25, -0.2) is 4.79 Å². The largest absolute Gasteiger partial charge is 0.465 e. The van der Waals surface area contributed by atoms with Crippen molar-refractivity contribution in [3.63, 3.8) is 0 Å². The van der Waals surface area contributed by atoms with Crippen LogP contribution in [-0.4, -0.2) is 59.2 Å². The molecule has 3 unspecified atom stereocenters. The number of amides is 1. The van der Waals surface area contributed by atoms with Crippen LogP contribution in [0, 0.1) is 0 Å². The van der Waals surface area contributed by atoms with Gasteiger partial charge in [0.1, 0.15) is 0 Å². The SMILES string of the molecule is CC(O)COC1CN(C(=O)O)CCC1N. The number of carboxylic acid groups (broad SMARTS) is 1. The molecule has 0 saturated carbocycles. The lowest BCUT2D eigenvalue weighted by Gasteiger charge is -2.35. The van der Waals surface area contributed by atoms with Gasteiger partial charge in [0.25, 0.3) is 0 Å². The molecule has 1 heterocycles. The van der Waals surface area contributed by atoms with Crippen LogP contribution >= 0.6 is 0 Å². The summed E-state index contributed by atoms with van der Waals surface area (Å²) in [4.78, 5) is 12.0. The van der Waals surface area contributed by atoms with E-state index in [1.54, 1.807) is 6.92 Å². The fourth-order valence-corrected chi connectivity index (χ4v) is 1.55. The third-order valence-corrected chi connectivity index (χ3v) is 2.43. The molecule has 0 radical (unpaired) electrons. The summed E-state index contributed by atoms with van der Waals surface area (Å²) in [6.07, 6.45) is -1.23. The summed E-state index contributed by atoms with van der Waals surface area (Å²) in [6, 6.07) is -0.153. The van der Waals surface area contributed by atoms with Crippen molar-refractivity contribution in [2.45, 2.75) is 31.6 Å². The average molecular weight is 218 g/mol. The molecule has 0 aromatic heterocycles. The molecule has 0 spiro atoms. The highest BCUT2D eigenvalue weighted by Crippen LogP contribution is 2.12. The van der Waals surface area contributed by atoms with E-state index < -0.39 is 12.2 Å². The van der Waals surface area contributed by atoms with Crippen LogP contribution in [0.15, 0.2) is 0 Å². The molecule has 1 rings (SSSR count). The first-order valence-electron chi connectivity index (χ1n) is 5.04. The summed E-state index contributed by atoms with van der Waals surface area (Å²) >= 11 is 0. The van der Waals surface area contributed by atoms with Crippen molar-refractivity contribution in [3.05, 3.63) is 0 Å². The van der Waals surface area contributed by atoms with Crippen LogP contribution in [0.25, 0.3) is 0 Å². The Labute approximate surface area is 88.6 Å². The number of hydrogen-bond acceptors (Lipinski definition) is 4. The van der Waals surface area contributed by atoms with Crippen molar-refractivity contribution in [2.24, 2.45) is 5.73 Å². The molecule has 0 aromatic carbocycles. The quantitative estimate of drug-likeness (QED) is 0.591. The first-order chi connectivity index (χ1) is 7.00. The van der Waals surface area contributed by atoms with Crippen LogP contribution in [0.1, 0.15) is 13.3 Å². The number of aliphatic hydroxyl groups excluding tert-OH is 1. The zero-order chi connectivity index (χ0) is 11.4. The molecule has 1 aliphatic heterocycles. The molecule has 15 heavy (non-hydrogen) atoms. The Bertz CT molecular complexity index is 222. The lowest BCUT2D eigenvalue weighted by Crippen LogP contribution is -2.53. The van der Waals surface area contributed by atoms with Gasteiger partial charge in [0.05, 0.1) is 25.4 Å². The summed E-state index contributed by atoms with van der Waals surface area (Å²) in [5, 5.41) is 17.8.